The average molecular weight is 494 g/mol. The molecule has 2 aromatic carbocycles. The van der Waals surface area contributed by atoms with Gasteiger partial charge in [-0.3, -0.25) is 9.69 Å². The van der Waals surface area contributed by atoms with Gasteiger partial charge in [0.15, 0.2) is 0 Å². The molecule has 9 heteroatoms. The van der Waals surface area contributed by atoms with Gasteiger partial charge in [-0.05, 0) is 55.2 Å². The quantitative estimate of drug-likeness (QED) is 0.652. The van der Waals surface area contributed by atoms with Crippen LogP contribution < -0.4 is 5.32 Å². The van der Waals surface area contributed by atoms with E-state index in [0.29, 0.717) is 18.8 Å². The maximum Gasteiger partial charge on any atom is 0.257 e. The molecule has 32 heavy (non-hydrogen) atoms. The highest BCUT2D eigenvalue weighted by Crippen LogP contribution is 2.27. The van der Waals surface area contributed by atoms with Crippen molar-refractivity contribution in [1.82, 2.24) is 9.21 Å². The molecule has 0 unspecified atom stereocenters. The number of nitrogens with one attached hydrogen (secondary N) is 1. The molecule has 6 nitrogen and oxygen atoms in total. The number of hydrogen-bond acceptors (Lipinski definition) is 5. The number of nitrogens with zero attached hydrogens (tertiary/aromatic N) is 2. The van der Waals surface area contributed by atoms with Crippen LogP contribution in [-0.2, 0) is 16.6 Å². The molecule has 0 saturated carbocycles. The van der Waals surface area contributed by atoms with E-state index in [1.54, 1.807) is 0 Å². The lowest BCUT2D eigenvalue weighted by molar-refractivity contribution is 0.102. The zero-order valence-corrected chi connectivity index (χ0v) is 20.5. The highest BCUT2D eigenvalue weighted by atomic mass is 35.5. The predicted molar refractivity (Wildman–Crippen MR) is 131 cm³/mol. The van der Waals surface area contributed by atoms with Crippen LogP contribution in [0.25, 0.3) is 0 Å². The standard InChI is InChI=1S/C23H28ClN3O3S2/c1-17-14-18(16-26-10-12-31-13-11-26)4-7-22(17)25-23(28)20-15-19(5-6-21(20)24)32(29,30)27-8-2-3-9-27/h4-7,14-15H,2-3,8-13,16H2,1H3,(H,25,28). The Balaban J connectivity index is 1.50. The summed E-state index contributed by atoms with van der Waals surface area (Å²) < 4.78 is 27.2. The van der Waals surface area contributed by atoms with Gasteiger partial charge in [0, 0.05) is 49.9 Å². The van der Waals surface area contributed by atoms with E-state index in [4.69, 9.17) is 11.6 Å². The van der Waals surface area contributed by atoms with Crippen molar-refractivity contribution in [3.63, 3.8) is 0 Å². The minimum atomic E-state index is -3.62. The molecule has 2 aromatic rings. The topological polar surface area (TPSA) is 69.7 Å². The number of carbonyl (C=O) groups excluding carboxylic acids is 1. The summed E-state index contributed by atoms with van der Waals surface area (Å²) in [4.78, 5) is 15.5. The summed E-state index contributed by atoms with van der Waals surface area (Å²) in [6, 6.07) is 10.3. The Labute approximate surface area is 199 Å². The zero-order valence-electron chi connectivity index (χ0n) is 18.1. The first kappa shape index (κ1) is 23.6. The summed E-state index contributed by atoms with van der Waals surface area (Å²) in [5.41, 5.74) is 3.02. The van der Waals surface area contributed by atoms with Crippen molar-refractivity contribution >= 4 is 45.0 Å². The van der Waals surface area contributed by atoms with E-state index in [1.165, 1.54) is 39.6 Å². The van der Waals surface area contributed by atoms with Crippen molar-refractivity contribution in [2.75, 3.05) is 43.0 Å². The van der Waals surface area contributed by atoms with E-state index in [0.717, 1.165) is 38.0 Å². The molecule has 0 radical (unpaired) electrons. The maximum atomic E-state index is 13.0. The molecule has 0 bridgehead atoms. The molecule has 0 aromatic heterocycles. The summed E-state index contributed by atoms with van der Waals surface area (Å²) in [6.07, 6.45) is 1.71. The van der Waals surface area contributed by atoms with Gasteiger partial charge in [-0.1, -0.05) is 23.7 Å². The average Bonchev–Trinajstić information content (AvgIpc) is 3.32. The van der Waals surface area contributed by atoms with Crippen molar-refractivity contribution in [3.05, 3.63) is 58.1 Å². The fraction of sp³-hybridized carbons (Fsp3) is 0.435. The monoisotopic (exact) mass is 493 g/mol. The normalized spacial score (nSPS) is 18.1. The van der Waals surface area contributed by atoms with Gasteiger partial charge in [-0.15, -0.1) is 0 Å². The zero-order chi connectivity index (χ0) is 22.7. The molecule has 1 amide bonds. The van der Waals surface area contributed by atoms with Crippen LogP contribution in [0.15, 0.2) is 41.3 Å². The number of aryl methyl sites for hydroxylation is 1. The van der Waals surface area contributed by atoms with Crippen LogP contribution in [0, 0.1) is 6.92 Å². The minimum absolute atomic E-state index is 0.0979. The van der Waals surface area contributed by atoms with Crippen LogP contribution in [0.3, 0.4) is 0 Å². The Bertz CT molecular complexity index is 1100. The van der Waals surface area contributed by atoms with Gasteiger partial charge in [-0.25, -0.2) is 8.42 Å². The first-order chi connectivity index (χ1) is 15.3. The highest BCUT2D eigenvalue weighted by molar-refractivity contribution is 7.99. The van der Waals surface area contributed by atoms with Crippen molar-refractivity contribution in [3.8, 4) is 0 Å². The van der Waals surface area contributed by atoms with E-state index in [9.17, 15) is 13.2 Å². The third kappa shape index (κ3) is 5.31. The second kappa shape index (κ2) is 10.1. The molecule has 2 saturated heterocycles. The number of sulfonamides is 1. The molecule has 2 aliphatic rings. The largest absolute Gasteiger partial charge is 0.322 e. The Morgan fingerprint density at radius 3 is 2.47 bits per heavy atom. The summed E-state index contributed by atoms with van der Waals surface area (Å²) in [6.45, 7) is 6.07. The highest BCUT2D eigenvalue weighted by Gasteiger charge is 2.28. The van der Waals surface area contributed by atoms with Crippen LogP contribution in [0.5, 0.6) is 0 Å². The van der Waals surface area contributed by atoms with Crippen LogP contribution >= 0.6 is 23.4 Å². The van der Waals surface area contributed by atoms with E-state index in [2.05, 4.69) is 16.3 Å². The molecule has 2 fully saturated rings. The summed E-state index contributed by atoms with van der Waals surface area (Å²) >= 11 is 8.25. The van der Waals surface area contributed by atoms with Crippen LogP contribution in [-0.4, -0.2) is 61.2 Å². The third-order valence-corrected chi connectivity index (χ3v) is 9.10. The first-order valence-corrected chi connectivity index (χ1v) is 13.8. The lowest BCUT2D eigenvalue weighted by atomic mass is 10.1. The first-order valence-electron chi connectivity index (χ1n) is 10.9. The number of benzene rings is 2. The summed E-state index contributed by atoms with van der Waals surface area (Å²) in [7, 11) is -3.62. The molecule has 1 N–H and O–H groups in total. The fourth-order valence-corrected chi connectivity index (χ4v) is 6.81. The minimum Gasteiger partial charge on any atom is -0.322 e. The predicted octanol–water partition coefficient (Wildman–Crippen LogP) is 4.23. The molecule has 0 atom stereocenters. The van der Waals surface area contributed by atoms with Crippen LogP contribution in [0.2, 0.25) is 5.02 Å². The molecule has 0 spiro atoms. The van der Waals surface area contributed by atoms with Crippen molar-refractivity contribution in [2.45, 2.75) is 31.2 Å². The van der Waals surface area contributed by atoms with Crippen molar-refractivity contribution in [2.24, 2.45) is 0 Å². The molecule has 172 valence electrons. The number of amides is 1. The van der Waals surface area contributed by atoms with Gasteiger partial charge < -0.3 is 5.32 Å². The Kier molecular flexibility index (Phi) is 7.47. The van der Waals surface area contributed by atoms with Gasteiger partial charge in [0.25, 0.3) is 5.91 Å². The van der Waals surface area contributed by atoms with Gasteiger partial charge in [0.05, 0.1) is 15.5 Å². The van der Waals surface area contributed by atoms with Crippen molar-refractivity contribution < 1.29 is 13.2 Å². The number of rotatable bonds is 6. The van der Waals surface area contributed by atoms with Crippen molar-refractivity contribution in [1.29, 1.82) is 0 Å². The Hall–Kier alpha value is -1.58. The number of carbonyl (C=O) groups is 1. The van der Waals surface area contributed by atoms with Crippen LogP contribution in [0.1, 0.15) is 34.3 Å². The van der Waals surface area contributed by atoms with E-state index in [1.807, 2.05) is 30.8 Å². The van der Waals surface area contributed by atoms with Gasteiger partial charge in [0.2, 0.25) is 10.0 Å². The number of halogens is 1. The number of hydrogen-bond donors (Lipinski definition) is 1. The lowest BCUT2D eigenvalue weighted by Gasteiger charge is -2.26. The smallest absolute Gasteiger partial charge is 0.257 e. The maximum absolute atomic E-state index is 13.0. The van der Waals surface area contributed by atoms with E-state index in [-0.39, 0.29) is 15.5 Å². The van der Waals surface area contributed by atoms with Gasteiger partial charge in [-0.2, -0.15) is 16.1 Å². The van der Waals surface area contributed by atoms with E-state index >= 15 is 0 Å². The fourth-order valence-electron chi connectivity index (χ4n) is 4.09. The van der Waals surface area contributed by atoms with Crippen LogP contribution in [0.4, 0.5) is 5.69 Å². The second-order valence-corrected chi connectivity index (χ2v) is 11.8. The summed E-state index contributed by atoms with van der Waals surface area (Å²) in [5.74, 6) is 1.92. The Morgan fingerprint density at radius 1 is 1.06 bits per heavy atom. The van der Waals surface area contributed by atoms with E-state index < -0.39 is 15.9 Å². The molecule has 4 rings (SSSR count). The molecule has 2 aliphatic heterocycles. The lowest BCUT2D eigenvalue weighted by Crippen LogP contribution is -2.31. The Morgan fingerprint density at radius 2 is 1.78 bits per heavy atom. The SMILES string of the molecule is Cc1cc(CN2CCSCC2)ccc1NC(=O)c1cc(S(=O)(=O)N2CCCC2)ccc1Cl. The number of anilines is 1. The van der Waals surface area contributed by atoms with Gasteiger partial charge >= 0.3 is 0 Å². The molecular weight excluding hydrogens is 466 g/mol. The number of thioether (sulfide) groups is 1. The van der Waals surface area contributed by atoms with Gasteiger partial charge in [0.1, 0.15) is 0 Å². The second-order valence-electron chi connectivity index (χ2n) is 8.24. The molecule has 0 aliphatic carbocycles. The third-order valence-electron chi connectivity index (χ3n) is 5.93. The summed E-state index contributed by atoms with van der Waals surface area (Å²) in [5, 5.41) is 3.12. The molecular formula is C23H28ClN3O3S2. The molecule has 2 heterocycles.